The van der Waals surface area contributed by atoms with E-state index >= 15 is 0 Å². The number of nitrogens with one attached hydrogen (secondary N) is 1. The van der Waals surface area contributed by atoms with Gasteiger partial charge in [0.2, 0.25) is 5.91 Å². The van der Waals surface area contributed by atoms with E-state index in [1.165, 1.54) is 6.92 Å². The molecule has 1 aliphatic heterocycles. The number of likely N-dealkylation sites (tertiary alicyclic amines) is 1. The molecule has 4 heteroatoms. The highest BCUT2D eigenvalue weighted by Crippen LogP contribution is 2.14. The number of hydrogen-bond acceptors (Lipinski definition) is 2. The van der Waals surface area contributed by atoms with E-state index in [-0.39, 0.29) is 12.7 Å². The molecule has 0 aromatic heterocycles. The fraction of sp³-hybridized carbons (Fsp3) is 0.875. The maximum absolute atomic E-state index is 12.1. The summed E-state index contributed by atoms with van der Waals surface area (Å²) < 4.78 is 12.1. The number of nitrogens with zero attached hydrogens (tertiary/aromatic N) is 1. The third-order valence-electron chi connectivity index (χ3n) is 2.18. The van der Waals surface area contributed by atoms with Gasteiger partial charge in [0.25, 0.3) is 0 Å². The second-order valence-electron chi connectivity index (χ2n) is 3.29. The summed E-state index contributed by atoms with van der Waals surface area (Å²) in [5, 5.41) is 2.74. The van der Waals surface area contributed by atoms with Gasteiger partial charge in [0.15, 0.2) is 0 Å². The number of carbonyl (C=O) groups excluding carboxylic acids is 1. The molecule has 0 aromatic carbocycles. The molecule has 1 amide bonds. The van der Waals surface area contributed by atoms with E-state index in [1.807, 2.05) is 0 Å². The van der Waals surface area contributed by atoms with E-state index in [0.29, 0.717) is 12.5 Å². The highest BCUT2D eigenvalue weighted by Gasteiger charge is 2.21. The Morgan fingerprint density at radius 1 is 1.75 bits per heavy atom. The molecule has 1 saturated heterocycles. The lowest BCUT2D eigenvalue weighted by Crippen LogP contribution is -2.29. The maximum Gasteiger partial charge on any atom is 0.216 e. The van der Waals surface area contributed by atoms with Crippen LogP contribution in [0.1, 0.15) is 13.3 Å². The van der Waals surface area contributed by atoms with Gasteiger partial charge in [-0.2, -0.15) is 0 Å². The van der Waals surface area contributed by atoms with Gasteiger partial charge in [-0.25, -0.2) is 4.39 Å². The molecule has 0 aliphatic carbocycles. The Bertz CT molecular complexity index is 163. The number of halogens is 1. The molecule has 1 rings (SSSR count). The first-order valence-corrected chi connectivity index (χ1v) is 4.25. The Hall–Kier alpha value is -0.640. The average Bonchev–Trinajstić information content (AvgIpc) is 2.48. The summed E-state index contributed by atoms with van der Waals surface area (Å²) in [5.41, 5.74) is 0. The van der Waals surface area contributed by atoms with E-state index in [0.717, 1.165) is 19.5 Å². The van der Waals surface area contributed by atoms with Gasteiger partial charge < -0.3 is 5.32 Å². The zero-order valence-electron chi connectivity index (χ0n) is 7.35. The first kappa shape index (κ1) is 9.45. The van der Waals surface area contributed by atoms with E-state index in [9.17, 15) is 9.18 Å². The summed E-state index contributed by atoms with van der Waals surface area (Å²) >= 11 is 0. The molecule has 1 heterocycles. The quantitative estimate of drug-likeness (QED) is 0.627. The smallest absolute Gasteiger partial charge is 0.216 e. The zero-order valence-corrected chi connectivity index (χ0v) is 7.35. The van der Waals surface area contributed by atoms with E-state index in [2.05, 4.69) is 5.32 Å². The lowest BCUT2D eigenvalue weighted by molar-refractivity contribution is -0.119. The molecule has 1 fully saturated rings. The van der Waals surface area contributed by atoms with Gasteiger partial charge in [0.1, 0.15) is 6.80 Å². The van der Waals surface area contributed by atoms with Crippen LogP contribution in [0.15, 0.2) is 0 Å². The van der Waals surface area contributed by atoms with Crippen molar-refractivity contribution in [2.24, 2.45) is 5.92 Å². The van der Waals surface area contributed by atoms with Crippen LogP contribution in [0.25, 0.3) is 0 Å². The molecule has 1 N–H and O–H groups in total. The number of rotatable bonds is 3. The number of amides is 1. The van der Waals surface area contributed by atoms with Crippen molar-refractivity contribution in [2.75, 3.05) is 26.4 Å². The highest BCUT2D eigenvalue weighted by molar-refractivity contribution is 5.72. The molecule has 0 radical (unpaired) electrons. The maximum atomic E-state index is 12.1. The Morgan fingerprint density at radius 2 is 2.50 bits per heavy atom. The minimum Gasteiger partial charge on any atom is -0.356 e. The third-order valence-corrected chi connectivity index (χ3v) is 2.18. The van der Waals surface area contributed by atoms with E-state index < -0.39 is 0 Å². The molecular weight excluding hydrogens is 159 g/mol. The molecule has 1 aliphatic rings. The van der Waals surface area contributed by atoms with Crippen LogP contribution in [0.4, 0.5) is 4.39 Å². The highest BCUT2D eigenvalue weighted by atomic mass is 19.1. The normalized spacial score (nSPS) is 24.3. The Morgan fingerprint density at radius 3 is 3.00 bits per heavy atom. The van der Waals surface area contributed by atoms with Gasteiger partial charge >= 0.3 is 0 Å². The summed E-state index contributed by atoms with van der Waals surface area (Å²) in [6.45, 7) is 3.42. The molecule has 0 bridgehead atoms. The lowest BCUT2D eigenvalue weighted by Gasteiger charge is -2.11. The second-order valence-corrected chi connectivity index (χ2v) is 3.29. The van der Waals surface area contributed by atoms with Crippen LogP contribution >= 0.6 is 0 Å². The Labute approximate surface area is 71.9 Å². The predicted molar refractivity (Wildman–Crippen MR) is 44.3 cm³/mol. The van der Waals surface area contributed by atoms with Crippen molar-refractivity contribution < 1.29 is 9.18 Å². The van der Waals surface area contributed by atoms with Crippen molar-refractivity contribution in [1.82, 2.24) is 10.2 Å². The van der Waals surface area contributed by atoms with Crippen molar-refractivity contribution in [3.05, 3.63) is 0 Å². The molecule has 1 unspecified atom stereocenters. The van der Waals surface area contributed by atoms with Crippen molar-refractivity contribution in [3.63, 3.8) is 0 Å². The van der Waals surface area contributed by atoms with Crippen LogP contribution in [-0.4, -0.2) is 37.2 Å². The standard InChI is InChI=1S/C8H15FN2O/c1-7(12)10-4-8-2-3-11(5-8)6-9/h8H,2-6H2,1H3,(H,10,12). The summed E-state index contributed by atoms with van der Waals surface area (Å²) in [6, 6.07) is 0. The van der Waals surface area contributed by atoms with Gasteiger partial charge in [0.05, 0.1) is 0 Å². The number of carbonyl (C=O) groups is 1. The van der Waals surface area contributed by atoms with Gasteiger partial charge in [-0.15, -0.1) is 0 Å². The number of alkyl halides is 1. The summed E-state index contributed by atoms with van der Waals surface area (Å²) in [4.78, 5) is 12.3. The third kappa shape index (κ3) is 2.77. The van der Waals surface area contributed by atoms with E-state index in [1.54, 1.807) is 4.90 Å². The summed E-state index contributed by atoms with van der Waals surface area (Å²) in [5.74, 6) is 0.429. The molecule has 12 heavy (non-hydrogen) atoms. The lowest BCUT2D eigenvalue weighted by atomic mass is 10.1. The van der Waals surface area contributed by atoms with Crippen LogP contribution in [0.5, 0.6) is 0 Å². The monoisotopic (exact) mass is 174 g/mol. The Balaban J connectivity index is 2.15. The van der Waals surface area contributed by atoms with Crippen LogP contribution in [-0.2, 0) is 4.79 Å². The van der Waals surface area contributed by atoms with Gasteiger partial charge in [0, 0.05) is 26.6 Å². The Kier molecular flexibility index (Phi) is 3.47. The SMILES string of the molecule is CC(=O)NCC1CCN(CF)C1. The molecule has 1 atom stereocenters. The summed E-state index contributed by atoms with van der Waals surface area (Å²) in [7, 11) is 0. The van der Waals surface area contributed by atoms with Crippen molar-refractivity contribution in [3.8, 4) is 0 Å². The van der Waals surface area contributed by atoms with Gasteiger partial charge in [-0.05, 0) is 12.3 Å². The predicted octanol–water partition coefficient (Wildman–Crippen LogP) is 0.371. The molecule has 0 spiro atoms. The first-order chi connectivity index (χ1) is 5.72. The minimum atomic E-state index is -0.365. The second kappa shape index (κ2) is 4.40. The number of hydrogen-bond donors (Lipinski definition) is 1. The average molecular weight is 174 g/mol. The first-order valence-electron chi connectivity index (χ1n) is 4.25. The minimum absolute atomic E-state index is 0.00583. The molecule has 0 saturated carbocycles. The summed E-state index contributed by atoms with van der Waals surface area (Å²) in [6.07, 6.45) is 0.990. The topological polar surface area (TPSA) is 32.3 Å². The molecule has 70 valence electrons. The van der Waals surface area contributed by atoms with Crippen LogP contribution in [0.3, 0.4) is 0 Å². The molecule has 3 nitrogen and oxygen atoms in total. The van der Waals surface area contributed by atoms with Crippen molar-refractivity contribution in [1.29, 1.82) is 0 Å². The largest absolute Gasteiger partial charge is 0.356 e. The van der Waals surface area contributed by atoms with Crippen molar-refractivity contribution >= 4 is 5.91 Å². The zero-order chi connectivity index (χ0) is 8.97. The van der Waals surface area contributed by atoms with Crippen LogP contribution in [0, 0.1) is 5.92 Å². The molecule has 0 aromatic rings. The fourth-order valence-corrected chi connectivity index (χ4v) is 1.48. The van der Waals surface area contributed by atoms with Gasteiger partial charge in [-0.1, -0.05) is 0 Å². The van der Waals surface area contributed by atoms with E-state index in [4.69, 9.17) is 0 Å². The van der Waals surface area contributed by atoms with Crippen molar-refractivity contribution in [2.45, 2.75) is 13.3 Å². The molecular formula is C8H15FN2O. The van der Waals surface area contributed by atoms with Crippen LogP contribution < -0.4 is 5.32 Å². The fourth-order valence-electron chi connectivity index (χ4n) is 1.48. The van der Waals surface area contributed by atoms with Crippen LogP contribution in [0.2, 0.25) is 0 Å². The van der Waals surface area contributed by atoms with Gasteiger partial charge in [-0.3, -0.25) is 9.69 Å².